The summed E-state index contributed by atoms with van der Waals surface area (Å²) in [5.41, 5.74) is 0. The molecule has 2 aromatic rings. The molecule has 0 unspecified atom stereocenters. The number of aromatic nitrogens is 6. The number of nitro groups is 2. The maximum Gasteiger partial charge on any atom is 0.491 e. The first kappa shape index (κ1) is 16.4. The number of hydrogen-bond acceptors (Lipinski definition) is 9. The highest BCUT2D eigenvalue weighted by molar-refractivity contribution is 5.03. The monoisotopic (exact) mass is 326 g/mol. The molecule has 0 spiro atoms. The molecule has 0 fully saturated rings. The third kappa shape index (κ3) is 4.03. The number of rotatable bonds is 8. The van der Waals surface area contributed by atoms with E-state index in [4.69, 9.17) is 4.74 Å². The molecule has 0 saturated heterocycles. The van der Waals surface area contributed by atoms with Crippen LogP contribution in [0.25, 0.3) is 0 Å². The normalized spacial score (nSPS) is 10.9. The van der Waals surface area contributed by atoms with Crippen LogP contribution in [0.15, 0.2) is 0 Å². The Morgan fingerprint density at radius 2 is 1.30 bits per heavy atom. The average Bonchev–Trinajstić information content (AvgIpc) is 3.03. The van der Waals surface area contributed by atoms with Gasteiger partial charge in [-0.05, 0) is 19.8 Å². The van der Waals surface area contributed by atoms with Crippen LogP contribution in [0.2, 0.25) is 0 Å². The van der Waals surface area contributed by atoms with Gasteiger partial charge < -0.3 is 25.0 Å². The quantitative estimate of drug-likeness (QED) is 0.370. The Morgan fingerprint density at radius 1 is 0.913 bits per heavy atom. The van der Waals surface area contributed by atoms with E-state index in [1.807, 2.05) is 0 Å². The fourth-order valence-corrected chi connectivity index (χ4v) is 1.79. The molecule has 0 atom stereocenters. The maximum atomic E-state index is 10.6. The first-order valence-electron chi connectivity index (χ1n) is 6.58. The van der Waals surface area contributed by atoms with Crippen LogP contribution in [0.5, 0.6) is 0 Å². The lowest BCUT2D eigenvalue weighted by Crippen LogP contribution is -2.13. The van der Waals surface area contributed by atoms with Gasteiger partial charge in [-0.1, -0.05) is 0 Å². The highest BCUT2D eigenvalue weighted by Gasteiger charge is 2.19. The third-order valence-corrected chi connectivity index (χ3v) is 2.91. The number of ether oxygens (including phenoxy) is 1. The Bertz CT molecular complexity index is 663. The van der Waals surface area contributed by atoms with Gasteiger partial charge in [0.15, 0.2) is 0 Å². The Balaban J connectivity index is 1.78. The zero-order valence-corrected chi connectivity index (χ0v) is 12.4. The summed E-state index contributed by atoms with van der Waals surface area (Å²) in [5, 5.41) is 28.6. The lowest BCUT2D eigenvalue weighted by atomic mass is 10.6. The Hall–Kier alpha value is -2.96. The smallest absolute Gasteiger partial charge is 0.390 e. The van der Waals surface area contributed by atoms with Crippen LogP contribution >= 0.6 is 0 Å². The van der Waals surface area contributed by atoms with Gasteiger partial charge in [0.05, 0.1) is 26.3 Å². The van der Waals surface area contributed by atoms with E-state index < -0.39 is 21.7 Å². The van der Waals surface area contributed by atoms with Crippen molar-refractivity contribution in [1.82, 2.24) is 29.5 Å². The van der Waals surface area contributed by atoms with Gasteiger partial charge in [0.2, 0.25) is 11.6 Å². The zero-order valence-electron chi connectivity index (χ0n) is 12.4. The van der Waals surface area contributed by atoms with Gasteiger partial charge in [-0.15, -0.1) is 0 Å². The largest absolute Gasteiger partial charge is 0.491 e. The minimum Gasteiger partial charge on any atom is -0.390 e. The third-order valence-electron chi connectivity index (χ3n) is 2.91. The summed E-state index contributed by atoms with van der Waals surface area (Å²) in [4.78, 5) is 27.2. The summed E-state index contributed by atoms with van der Waals surface area (Å²) in [7, 11) is 0. The molecule has 2 rings (SSSR count). The molecule has 0 aliphatic heterocycles. The van der Waals surface area contributed by atoms with Crippen LogP contribution in [0.1, 0.15) is 11.6 Å². The molecule has 23 heavy (non-hydrogen) atoms. The van der Waals surface area contributed by atoms with Crippen molar-refractivity contribution in [2.45, 2.75) is 26.9 Å². The summed E-state index contributed by atoms with van der Waals surface area (Å²) in [5.74, 6) is -0.0628. The predicted molar refractivity (Wildman–Crippen MR) is 73.6 cm³/mol. The average molecular weight is 326 g/mol. The van der Waals surface area contributed by atoms with E-state index >= 15 is 0 Å². The van der Waals surface area contributed by atoms with Crippen molar-refractivity contribution in [2.24, 2.45) is 0 Å². The van der Waals surface area contributed by atoms with Crippen LogP contribution in [0.3, 0.4) is 0 Å². The van der Waals surface area contributed by atoms with Gasteiger partial charge in [0.1, 0.15) is 0 Å². The van der Waals surface area contributed by atoms with Crippen LogP contribution in [0.4, 0.5) is 11.9 Å². The van der Waals surface area contributed by atoms with Crippen molar-refractivity contribution in [3.05, 3.63) is 31.9 Å². The molecule has 13 nitrogen and oxygen atoms in total. The molecule has 0 N–H and O–H groups in total. The standard InChI is InChI=1S/C10H14N8O5/c1-7-11-9(17(19)20)13-15(7)3-5-23-6-4-16-8(2)12-10(14-16)18(21)22/h3-6H2,1-2H3. The summed E-state index contributed by atoms with van der Waals surface area (Å²) in [6.45, 7) is 4.36. The number of aryl methyl sites for hydroxylation is 2. The van der Waals surface area contributed by atoms with Crippen molar-refractivity contribution in [2.75, 3.05) is 13.2 Å². The minimum absolute atomic E-state index is 0.261. The Labute approximate surface area is 129 Å². The highest BCUT2D eigenvalue weighted by Crippen LogP contribution is 2.06. The molecular weight excluding hydrogens is 312 g/mol. The maximum absolute atomic E-state index is 10.6. The molecule has 2 heterocycles. The first-order chi connectivity index (χ1) is 10.9. The van der Waals surface area contributed by atoms with E-state index in [1.165, 1.54) is 9.36 Å². The summed E-state index contributed by atoms with van der Waals surface area (Å²) < 4.78 is 8.13. The number of nitrogens with zero attached hydrogens (tertiary/aromatic N) is 8. The van der Waals surface area contributed by atoms with Gasteiger partial charge in [-0.2, -0.15) is 9.36 Å². The molecule has 0 amide bonds. The molecule has 0 aliphatic carbocycles. The Morgan fingerprint density at radius 3 is 1.61 bits per heavy atom. The van der Waals surface area contributed by atoms with Crippen molar-refractivity contribution < 1.29 is 14.6 Å². The molecule has 0 bridgehead atoms. The zero-order chi connectivity index (χ0) is 17.0. The second-order valence-corrected chi connectivity index (χ2v) is 4.49. The molecule has 124 valence electrons. The van der Waals surface area contributed by atoms with Gasteiger partial charge >= 0.3 is 11.9 Å². The molecule has 0 aliphatic rings. The van der Waals surface area contributed by atoms with E-state index in [1.54, 1.807) is 13.8 Å². The van der Waals surface area contributed by atoms with Gasteiger partial charge in [0.25, 0.3) is 0 Å². The fraction of sp³-hybridized carbons (Fsp3) is 0.600. The second-order valence-electron chi connectivity index (χ2n) is 4.49. The second kappa shape index (κ2) is 6.87. The molecule has 0 aromatic carbocycles. The van der Waals surface area contributed by atoms with Gasteiger partial charge in [0, 0.05) is 24.0 Å². The molecule has 2 aromatic heterocycles. The Kier molecular flexibility index (Phi) is 4.90. The van der Waals surface area contributed by atoms with Gasteiger partial charge in [-0.25, -0.2) is 0 Å². The molecule has 0 saturated carbocycles. The molecular formula is C10H14N8O5. The molecule has 0 radical (unpaired) electrons. The van der Waals surface area contributed by atoms with Crippen molar-refractivity contribution >= 4 is 11.9 Å². The minimum atomic E-state index is -0.662. The highest BCUT2D eigenvalue weighted by atomic mass is 16.6. The SMILES string of the molecule is Cc1nc([N+](=O)[O-])nn1CCOCCn1nc([N+](=O)[O-])nc1C. The summed E-state index contributed by atoms with van der Waals surface area (Å²) in [6.07, 6.45) is 0. The number of hydrogen-bond donors (Lipinski definition) is 0. The summed E-state index contributed by atoms with van der Waals surface area (Å²) in [6, 6.07) is 0. The van der Waals surface area contributed by atoms with Crippen LogP contribution in [-0.2, 0) is 17.8 Å². The topological polar surface area (TPSA) is 157 Å². The van der Waals surface area contributed by atoms with Crippen molar-refractivity contribution in [3.63, 3.8) is 0 Å². The molecule has 13 heteroatoms. The lowest BCUT2D eigenvalue weighted by Gasteiger charge is -2.02. The van der Waals surface area contributed by atoms with E-state index in [0.29, 0.717) is 24.7 Å². The first-order valence-corrected chi connectivity index (χ1v) is 6.58. The van der Waals surface area contributed by atoms with Crippen LogP contribution in [-0.4, -0.2) is 52.6 Å². The van der Waals surface area contributed by atoms with Crippen molar-refractivity contribution in [3.8, 4) is 0 Å². The lowest BCUT2D eigenvalue weighted by molar-refractivity contribution is -0.394. The van der Waals surface area contributed by atoms with E-state index in [9.17, 15) is 20.2 Å². The van der Waals surface area contributed by atoms with E-state index in [0.717, 1.165) is 0 Å². The predicted octanol–water partition coefficient (Wildman–Crippen LogP) is 0.0196. The van der Waals surface area contributed by atoms with Crippen LogP contribution in [0, 0.1) is 34.1 Å². The van der Waals surface area contributed by atoms with E-state index in [2.05, 4.69) is 20.2 Å². The van der Waals surface area contributed by atoms with Crippen molar-refractivity contribution in [1.29, 1.82) is 0 Å². The van der Waals surface area contributed by atoms with Crippen LogP contribution < -0.4 is 0 Å². The fourth-order valence-electron chi connectivity index (χ4n) is 1.79. The van der Waals surface area contributed by atoms with E-state index in [-0.39, 0.29) is 13.2 Å². The summed E-state index contributed by atoms with van der Waals surface area (Å²) >= 11 is 0. The van der Waals surface area contributed by atoms with Gasteiger partial charge in [-0.3, -0.25) is 0 Å².